The van der Waals surface area contributed by atoms with Crippen molar-refractivity contribution in [3.05, 3.63) is 77.4 Å². The van der Waals surface area contributed by atoms with Gasteiger partial charge in [-0.2, -0.15) is 0 Å². The maximum Gasteiger partial charge on any atom is 0.265 e. The van der Waals surface area contributed by atoms with Gasteiger partial charge in [0.1, 0.15) is 11.5 Å². The fourth-order valence-electron chi connectivity index (χ4n) is 3.20. The summed E-state index contributed by atoms with van der Waals surface area (Å²) in [6.45, 7) is 7.60. The molecule has 3 aromatic rings. The summed E-state index contributed by atoms with van der Waals surface area (Å²) >= 11 is 0. The fourth-order valence-corrected chi connectivity index (χ4v) is 4.26. The second-order valence-corrected chi connectivity index (χ2v) is 9.50. The SMILES string of the molecule is COc1ccc(NS(=O)(=O)c2ccc(NC(=O)[C@H](C)Oc3cc(C)cc(C)c3C)cc2)cc1. The minimum Gasteiger partial charge on any atom is -0.497 e. The Morgan fingerprint density at radius 1 is 0.909 bits per heavy atom. The first-order valence-corrected chi connectivity index (χ1v) is 11.9. The molecular weight excluding hydrogens is 440 g/mol. The third kappa shape index (κ3) is 6.04. The molecular formula is C25H28N2O5S. The third-order valence-electron chi connectivity index (χ3n) is 5.21. The van der Waals surface area contributed by atoms with Crippen molar-refractivity contribution in [3.63, 3.8) is 0 Å². The molecule has 0 heterocycles. The highest BCUT2D eigenvalue weighted by atomic mass is 32.2. The van der Waals surface area contributed by atoms with Gasteiger partial charge in [-0.25, -0.2) is 8.42 Å². The number of anilines is 2. The molecule has 0 radical (unpaired) electrons. The lowest BCUT2D eigenvalue weighted by Crippen LogP contribution is -2.30. The first kappa shape index (κ1) is 24.1. The number of sulfonamides is 1. The lowest BCUT2D eigenvalue weighted by molar-refractivity contribution is -0.122. The number of carbonyl (C=O) groups excluding carboxylic acids is 1. The van der Waals surface area contributed by atoms with Crippen LogP contribution in [-0.2, 0) is 14.8 Å². The Balaban J connectivity index is 1.65. The number of hydrogen-bond acceptors (Lipinski definition) is 5. The second-order valence-electron chi connectivity index (χ2n) is 7.81. The molecule has 0 aliphatic rings. The number of ether oxygens (including phenoxy) is 2. The highest BCUT2D eigenvalue weighted by Crippen LogP contribution is 2.25. The van der Waals surface area contributed by atoms with Gasteiger partial charge in [-0.1, -0.05) is 6.07 Å². The van der Waals surface area contributed by atoms with E-state index in [1.165, 1.54) is 31.4 Å². The smallest absolute Gasteiger partial charge is 0.265 e. The average molecular weight is 469 g/mol. The molecule has 0 unspecified atom stereocenters. The van der Waals surface area contributed by atoms with Crippen LogP contribution < -0.4 is 19.5 Å². The van der Waals surface area contributed by atoms with Crippen molar-refractivity contribution in [2.24, 2.45) is 0 Å². The molecule has 0 aliphatic carbocycles. The maximum absolute atomic E-state index is 12.6. The third-order valence-corrected chi connectivity index (χ3v) is 6.61. The Morgan fingerprint density at radius 2 is 1.52 bits per heavy atom. The summed E-state index contributed by atoms with van der Waals surface area (Å²) in [6, 6.07) is 16.5. The number of methoxy groups -OCH3 is 1. The number of amides is 1. The molecule has 0 saturated heterocycles. The van der Waals surface area contributed by atoms with Crippen LogP contribution in [0, 0.1) is 20.8 Å². The van der Waals surface area contributed by atoms with Gasteiger partial charge in [-0.3, -0.25) is 9.52 Å². The topological polar surface area (TPSA) is 93.7 Å². The lowest BCUT2D eigenvalue weighted by Gasteiger charge is -2.18. The van der Waals surface area contributed by atoms with Gasteiger partial charge in [0.25, 0.3) is 15.9 Å². The first-order chi connectivity index (χ1) is 15.6. The van der Waals surface area contributed by atoms with E-state index in [-0.39, 0.29) is 10.8 Å². The zero-order valence-electron chi connectivity index (χ0n) is 19.3. The minimum atomic E-state index is -3.78. The number of aryl methyl sites for hydroxylation is 2. The monoisotopic (exact) mass is 468 g/mol. The van der Waals surface area contributed by atoms with E-state index in [1.807, 2.05) is 26.8 Å². The van der Waals surface area contributed by atoms with Crippen LogP contribution >= 0.6 is 0 Å². The predicted molar refractivity (Wildman–Crippen MR) is 130 cm³/mol. The molecule has 1 atom stereocenters. The van der Waals surface area contributed by atoms with Gasteiger partial charge in [-0.05, 0) is 99.0 Å². The minimum absolute atomic E-state index is 0.0754. The molecule has 0 aromatic heterocycles. The highest BCUT2D eigenvalue weighted by Gasteiger charge is 2.18. The Hall–Kier alpha value is -3.52. The van der Waals surface area contributed by atoms with Gasteiger partial charge in [0.2, 0.25) is 0 Å². The maximum atomic E-state index is 12.6. The van der Waals surface area contributed by atoms with Gasteiger partial charge in [0, 0.05) is 11.4 Å². The van der Waals surface area contributed by atoms with E-state index in [0.717, 1.165) is 16.7 Å². The van der Waals surface area contributed by atoms with Crippen LogP contribution in [0.3, 0.4) is 0 Å². The summed E-state index contributed by atoms with van der Waals surface area (Å²) in [5.41, 5.74) is 4.02. The van der Waals surface area contributed by atoms with Gasteiger partial charge in [-0.15, -0.1) is 0 Å². The molecule has 33 heavy (non-hydrogen) atoms. The van der Waals surface area contributed by atoms with Crippen molar-refractivity contribution in [1.82, 2.24) is 0 Å². The van der Waals surface area contributed by atoms with Gasteiger partial charge in [0.05, 0.1) is 12.0 Å². The summed E-state index contributed by atoms with van der Waals surface area (Å²) in [4.78, 5) is 12.7. The lowest BCUT2D eigenvalue weighted by atomic mass is 10.1. The van der Waals surface area contributed by atoms with Crippen LogP contribution in [0.1, 0.15) is 23.6 Å². The van der Waals surface area contributed by atoms with Crippen LogP contribution in [-0.4, -0.2) is 27.5 Å². The van der Waals surface area contributed by atoms with Gasteiger partial charge >= 0.3 is 0 Å². The molecule has 2 N–H and O–H groups in total. The van der Waals surface area contributed by atoms with Crippen LogP contribution in [0.2, 0.25) is 0 Å². The summed E-state index contributed by atoms with van der Waals surface area (Å²) in [5, 5.41) is 2.76. The van der Waals surface area contributed by atoms with E-state index in [9.17, 15) is 13.2 Å². The van der Waals surface area contributed by atoms with Crippen LogP contribution in [0.4, 0.5) is 11.4 Å². The number of benzene rings is 3. The van der Waals surface area contributed by atoms with E-state index in [2.05, 4.69) is 16.1 Å². The van der Waals surface area contributed by atoms with Crippen molar-refractivity contribution in [3.8, 4) is 11.5 Å². The van der Waals surface area contributed by atoms with E-state index in [1.54, 1.807) is 31.2 Å². The van der Waals surface area contributed by atoms with E-state index in [0.29, 0.717) is 22.9 Å². The predicted octanol–water partition coefficient (Wildman–Crippen LogP) is 4.83. The Labute approximate surface area is 194 Å². The van der Waals surface area contributed by atoms with Crippen LogP contribution in [0.15, 0.2) is 65.6 Å². The first-order valence-electron chi connectivity index (χ1n) is 10.4. The molecule has 0 fully saturated rings. The van der Waals surface area contributed by atoms with Crippen LogP contribution in [0.25, 0.3) is 0 Å². The van der Waals surface area contributed by atoms with Crippen molar-refractivity contribution in [2.75, 3.05) is 17.1 Å². The fraction of sp³-hybridized carbons (Fsp3) is 0.240. The van der Waals surface area contributed by atoms with E-state index >= 15 is 0 Å². The average Bonchev–Trinajstić information content (AvgIpc) is 2.77. The number of rotatable bonds is 8. The molecule has 8 heteroatoms. The van der Waals surface area contributed by atoms with E-state index < -0.39 is 16.1 Å². The van der Waals surface area contributed by atoms with E-state index in [4.69, 9.17) is 9.47 Å². The summed E-state index contributed by atoms with van der Waals surface area (Å²) in [5.74, 6) is 0.964. The van der Waals surface area contributed by atoms with Crippen molar-refractivity contribution >= 4 is 27.3 Å². The largest absolute Gasteiger partial charge is 0.497 e. The Kier molecular flexibility index (Phi) is 7.28. The quantitative estimate of drug-likeness (QED) is 0.494. The molecule has 0 bridgehead atoms. The van der Waals surface area contributed by atoms with Crippen molar-refractivity contribution in [2.45, 2.75) is 38.7 Å². The zero-order chi connectivity index (χ0) is 24.2. The summed E-state index contributed by atoms with van der Waals surface area (Å²) < 4.78 is 38.7. The molecule has 174 valence electrons. The summed E-state index contributed by atoms with van der Waals surface area (Å²) in [7, 11) is -2.24. The molecule has 1 amide bonds. The molecule has 3 aromatic carbocycles. The van der Waals surface area contributed by atoms with Crippen molar-refractivity contribution < 1.29 is 22.7 Å². The zero-order valence-corrected chi connectivity index (χ0v) is 20.1. The molecule has 0 saturated carbocycles. The van der Waals surface area contributed by atoms with Gasteiger partial charge < -0.3 is 14.8 Å². The molecule has 0 spiro atoms. The molecule has 7 nitrogen and oxygen atoms in total. The highest BCUT2D eigenvalue weighted by molar-refractivity contribution is 7.92. The molecule has 0 aliphatic heterocycles. The summed E-state index contributed by atoms with van der Waals surface area (Å²) in [6.07, 6.45) is -0.731. The second kappa shape index (κ2) is 9.95. The van der Waals surface area contributed by atoms with Gasteiger partial charge in [0.15, 0.2) is 6.10 Å². The van der Waals surface area contributed by atoms with Crippen molar-refractivity contribution in [1.29, 1.82) is 0 Å². The Morgan fingerprint density at radius 3 is 2.12 bits per heavy atom. The normalized spacial score (nSPS) is 12.0. The number of carbonyl (C=O) groups is 1. The Bertz CT molecular complexity index is 1240. The molecule has 3 rings (SSSR count). The number of nitrogens with one attached hydrogen (secondary N) is 2. The van der Waals surface area contributed by atoms with Crippen LogP contribution in [0.5, 0.6) is 11.5 Å². The number of hydrogen-bond donors (Lipinski definition) is 2. The standard InChI is InChI=1S/C25H28N2O5S/c1-16-14-17(2)18(3)24(15-16)32-19(4)25(28)26-20-8-12-23(13-9-20)33(29,30)27-21-6-10-22(31-5)11-7-21/h6-15,19,27H,1-5H3,(H,26,28)/t19-/m0/s1.